The van der Waals surface area contributed by atoms with Gasteiger partial charge in [-0.2, -0.15) is 0 Å². The Balaban J connectivity index is 1.45. The van der Waals surface area contributed by atoms with Gasteiger partial charge < -0.3 is 20.0 Å². The zero-order valence-electron chi connectivity index (χ0n) is 20.3. The summed E-state index contributed by atoms with van der Waals surface area (Å²) < 4.78 is 0. The van der Waals surface area contributed by atoms with Crippen molar-refractivity contribution in [3.05, 3.63) is 66.2 Å². The fraction of sp³-hybridized carbons (Fsp3) is 0.393. The van der Waals surface area contributed by atoms with Crippen molar-refractivity contribution in [2.75, 3.05) is 29.5 Å². The molecule has 2 fully saturated rings. The normalized spacial score (nSPS) is 24.4. The molecule has 0 aliphatic carbocycles. The highest BCUT2D eigenvalue weighted by Gasteiger charge is 2.53. The van der Waals surface area contributed by atoms with Gasteiger partial charge in [-0.15, -0.1) is 0 Å². The fourth-order valence-corrected chi connectivity index (χ4v) is 5.43. The van der Waals surface area contributed by atoms with Gasteiger partial charge in [-0.3, -0.25) is 19.3 Å². The first-order chi connectivity index (χ1) is 17.4. The number of carbonyl (C=O) groups is 3. The molecule has 8 heteroatoms. The summed E-state index contributed by atoms with van der Waals surface area (Å²) in [7, 11) is 0. The lowest BCUT2D eigenvalue weighted by atomic mass is 9.82. The fourth-order valence-electron chi connectivity index (χ4n) is 5.43. The van der Waals surface area contributed by atoms with E-state index >= 15 is 0 Å². The van der Waals surface area contributed by atoms with Crippen LogP contribution < -0.4 is 9.80 Å². The van der Waals surface area contributed by atoms with E-state index in [1.54, 1.807) is 47.1 Å². The maximum atomic E-state index is 13.8. The quantitative estimate of drug-likeness (QED) is 0.460. The van der Waals surface area contributed by atoms with Crippen molar-refractivity contribution >= 4 is 34.8 Å². The van der Waals surface area contributed by atoms with Crippen LogP contribution in [0.15, 0.2) is 60.7 Å². The molecular formula is C28H31N3O5. The van der Waals surface area contributed by atoms with E-state index in [0.717, 1.165) is 12.8 Å². The lowest BCUT2D eigenvalue weighted by Gasteiger charge is -2.32. The number of hydrogen-bond acceptors (Lipinski definition) is 5. The highest BCUT2D eigenvalue weighted by atomic mass is 16.3. The standard InChI is InChI=1S/C28H31N3O5/c1-19(7-5-11-25(33)29-15-6-10-22(29)18-32)28(36)23-17-21(30-16-14-26(30)34)12-13-24(23)31(27(28)35)20-8-3-2-4-9-20/h2-5,7-9,12-13,17,19,22,32,36H,6,10-11,14-16,18H2,1H3/b7-5+/t19-,22-,28+/m0/s1. The highest BCUT2D eigenvalue weighted by molar-refractivity contribution is 6.13. The molecule has 0 bridgehead atoms. The number of aliphatic hydroxyl groups is 2. The summed E-state index contributed by atoms with van der Waals surface area (Å²) in [5, 5.41) is 21.5. The molecule has 0 radical (unpaired) electrons. The van der Waals surface area contributed by atoms with Crippen molar-refractivity contribution in [2.45, 2.75) is 44.2 Å². The molecule has 36 heavy (non-hydrogen) atoms. The smallest absolute Gasteiger partial charge is 0.268 e. The Morgan fingerprint density at radius 1 is 1.14 bits per heavy atom. The Morgan fingerprint density at radius 3 is 2.58 bits per heavy atom. The van der Waals surface area contributed by atoms with Crippen LogP contribution in [-0.2, 0) is 20.0 Å². The number of para-hydroxylation sites is 1. The molecule has 8 nitrogen and oxygen atoms in total. The molecule has 3 heterocycles. The second-order valence-corrected chi connectivity index (χ2v) is 9.73. The lowest BCUT2D eigenvalue weighted by molar-refractivity contribution is -0.138. The van der Waals surface area contributed by atoms with Gasteiger partial charge >= 0.3 is 0 Å². The average Bonchev–Trinajstić information content (AvgIpc) is 3.45. The Labute approximate surface area is 210 Å². The van der Waals surface area contributed by atoms with E-state index in [1.807, 2.05) is 30.3 Å². The minimum absolute atomic E-state index is 0.0114. The maximum absolute atomic E-state index is 13.8. The van der Waals surface area contributed by atoms with Crippen LogP contribution >= 0.6 is 0 Å². The molecule has 0 spiro atoms. The largest absolute Gasteiger partial charge is 0.394 e. The first-order valence-electron chi connectivity index (χ1n) is 12.5. The van der Waals surface area contributed by atoms with Gasteiger partial charge in [0.05, 0.1) is 18.3 Å². The first-order valence-corrected chi connectivity index (χ1v) is 12.5. The van der Waals surface area contributed by atoms with Crippen molar-refractivity contribution in [2.24, 2.45) is 5.92 Å². The summed E-state index contributed by atoms with van der Waals surface area (Å²) in [6.45, 7) is 2.95. The Morgan fingerprint density at radius 2 is 1.92 bits per heavy atom. The molecule has 3 aliphatic heterocycles. The average molecular weight is 490 g/mol. The monoisotopic (exact) mass is 489 g/mol. The molecular weight excluding hydrogens is 458 g/mol. The van der Waals surface area contributed by atoms with E-state index in [2.05, 4.69) is 0 Å². The van der Waals surface area contributed by atoms with Gasteiger partial charge in [0.25, 0.3) is 5.91 Å². The third-order valence-electron chi connectivity index (χ3n) is 7.62. The van der Waals surface area contributed by atoms with E-state index in [9.17, 15) is 24.6 Å². The molecule has 2 aromatic carbocycles. The number of aliphatic hydroxyl groups excluding tert-OH is 1. The van der Waals surface area contributed by atoms with Gasteiger partial charge in [0.1, 0.15) is 0 Å². The summed E-state index contributed by atoms with van der Waals surface area (Å²) >= 11 is 0. The van der Waals surface area contributed by atoms with Crippen molar-refractivity contribution in [3.63, 3.8) is 0 Å². The van der Waals surface area contributed by atoms with Crippen LogP contribution in [0.25, 0.3) is 0 Å². The Bertz CT molecular complexity index is 1210. The molecule has 0 aromatic heterocycles. The number of likely N-dealkylation sites (tertiary alicyclic amines) is 1. The van der Waals surface area contributed by atoms with E-state index in [1.165, 1.54) is 4.90 Å². The third-order valence-corrected chi connectivity index (χ3v) is 7.62. The van der Waals surface area contributed by atoms with E-state index in [-0.39, 0.29) is 30.9 Å². The number of hydrogen-bond donors (Lipinski definition) is 2. The predicted octanol–water partition coefficient (Wildman–Crippen LogP) is 2.85. The van der Waals surface area contributed by atoms with Gasteiger partial charge in [-0.05, 0) is 43.2 Å². The summed E-state index contributed by atoms with van der Waals surface area (Å²) in [6.07, 6.45) is 5.68. The molecule has 3 amide bonds. The van der Waals surface area contributed by atoms with E-state index in [0.29, 0.717) is 42.1 Å². The van der Waals surface area contributed by atoms with Crippen LogP contribution in [0.2, 0.25) is 0 Å². The molecule has 2 N–H and O–H groups in total. The zero-order valence-corrected chi connectivity index (χ0v) is 20.3. The topological polar surface area (TPSA) is 101 Å². The summed E-state index contributed by atoms with van der Waals surface area (Å²) in [4.78, 5) is 43.4. The number of amides is 3. The molecule has 0 saturated carbocycles. The van der Waals surface area contributed by atoms with Crippen LogP contribution in [-0.4, -0.2) is 58.6 Å². The Hall–Kier alpha value is -3.49. The minimum atomic E-state index is -1.87. The van der Waals surface area contributed by atoms with E-state index < -0.39 is 17.4 Å². The van der Waals surface area contributed by atoms with Gasteiger partial charge in [0, 0.05) is 48.8 Å². The van der Waals surface area contributed by atoms with Crippen LogP contribution in [0.1, 0.15) is 38.2 Å². The summed E-state index contributed by atoms with van der Waals surface area (Å²) in [5.41, 5.74) is 0.446. The zero-order chi connectivity index (χ0) is 25.4. The Kier molecular flexibility index (Phi) is 6.40. The van der Waals surface area contributed by atoms with Gasteiger partial charge in [-0.1, -0.05) is 37.3 Å². The van der Waals surface area contributed by atoms with Crippen molar-refractivity contribution in [1.82, 2.24) is 4.90 Å². The molecule has 2 saturated heterocycles. The number of fused-ring (bicyclic) bond motifs is 1. The number of carbonyl (C=O) groups excluding carboxylic acids is 3. The van der Waals surface area contributed by atoms with Crippen molar-refractivity contribution in [1.29, 1.82) is 0 Å². The third kappa shape index (κ3) is 3.90. The van der Waals surface area contributed by atoms with Crippen LogP contribution in [0.5, 0.6) is 0 Å². The second kappa shape index (κ2) is 9.52. The lowest BCUT2D eigenvalue weighted by Crippen LogP contribution is -2.44. The minimum Gasteiger partial charge on any atom is -0.394 e. The highest BCUT2D eigenvalue weighted by Crippen LogP contribution is 2.49. The van der Waals surface area contributed by atoms with E-state index in [4.69, 9.17) is 0 Å². The predicted molar refractivity (Wildman–Crippen MR) is 136 cm³/mol. The number of nitrogens with zero attached hydrogens (tertiary/aromatic N) is 3. The SMILES string of the molecule is C[C@@H](/C=C/CC(=O)N1CCC[C@H]1CO)[C@]1(O)C(=O)N(c2ccccc2)c2ccc(N3CCC3=O)cc21. The summed E-state index contributed by atoms with van der Waals surface area (Å²) in [6, 6.07) is 14.3. The maximum Gasteiger partial charge on any atom is 0.268 e. The number of rotatable bonds is 7. The molecule has 2 aromatic rings. The van der Waals surface area contributed by atoms with Crippen molar-refractivity contribution in [3.8, 4) is 0 Å². The van der Waals surface area contributed by atoms with Gasteiger partial charge in [0.2, 0.25) is 11.8 Å². The first kappa shape index (κ1) is 24.2. The van der Waals surface area contributed by atoms with Gasteiger partial charge in [0.15, 0.2) is 5.60 Å². The number of anilines is 3. The second-order valence-electron chi connectivity index (χ2n) is 9.73. The van der Waals surface area contributed by atoms with Crippen LogP contribution in [0, 0.1) is 5.92 Å². The van der Waals surface area contributed by atoms with Crippen molar-refractivity contribution < 1.29 is 24.6 Å². The molecule has 3 atom stereocenters. The molecule has 188 valence electrons. The summed E-state index contributed by atoms with van der Waals surface area (Å²) in [5.74, 6) is -1.18. The van der Waals surface area contributed by atoms with Gasteiger partial charge in [-0.25, -0.2) is 0 Å². The molecule has 3 aliphatic rings. The molecule has 0 unspecified atom stereocenters. The van der Waals surface area contributed by atoms with Crippen LogP contribution in [0.3, 0.4) is 0 Å². The molecule has 5 rings (SSSR count). The number of benzene rings is 2. The number of β-lactam (4-membered cyclic amide) rings is 1. The van der Waals surface area contributed by atoms with Crippen LogP contribution in [0.4, 0.5) is 17.1 Å².